The van der Waals surface area contributed by atoms with Crippen molar-refractivity contribution < 1.29 is 4.79 Å². The molecular formula is C24H32N6O. The average molecular weight is 421 g/mol. The molecule has 2 aromatic heterocycles. The van der Waals surface area contributed by atoms with Crippen LogP contribution in [0.15, 0.2) is 42.7 Å². The topological polar surface area (TPSA) is 68.0 Å². The normalized spacial score (nSPS) is 13.8. The second kappa shape index (κ2) is 9.92. The molecule has 0 atom stereocenters. The summed E-state index contributed by atoms with van der Waals surface area (Å²) in [5, 5.41) is 7.43. The third kappa shape index (κ3) is 4.88. The van der Waals surface area contributed by atoms with E-state index in [-0.39, 0.29) is 5.91 Å². The molecule has 0 radical (unpaired) electrons. The molecule has 3 heterocycles. The highest BCUT2D eigenvalue weighted by Crippen LogP contribution is 2.27. The second-order valence-corrected chi connectivity index (χ2v) is 8.03. The average Bonchev–Trinajstić information content (AvgIpc) is 3.31. The van der Waals surface area contributed by atoms with Crippen molar-refractivity contribution in [3.8, 4) is 11.4 Å². The van der Waals surface area contributed by atoms with Crippen molar-refractivity contribution in [3.05, 3.63) is 54.1 Å². The van der Waals surface area contributed by atoms with E-state index >= 15 is 0 Å². The predicted molar refractivity (Wildman–Crippen MR) is 123 cm³/mol. The van der Waals surface area contributed by atoms with Crippen LogP contribution < -0.4 is 5.32 Å². The molecular weight excluding hydrogens is 388 g/mol. The van der Waals surface area contributed by atoms with Crippen LogP contribution in [-0.4, -0.2) is 49.8 Å². The van der Waals surface area contributed by atoms with Crippen LogP contribution in [0.4, 0.5) is 5.69 Å². The number of anilines is 1. The van der Waals surface area contributed by atoms with Crippen LogP contribution in [0.5, 0.6) is 0 Å². The van der Waals surface area contributed by atoms with E-state index in [4.69, 9.17) is 4.98 Å². The van der Waals surface area contributed by atoms with Gasteiger partial charge in [-0.25, -0.2) is 4.98 Å². The van der Waals surface area contributed by atoms with Crippen LogP contribution in [0.1, 0.15) is 49.3 Å². The van der Waals surface area contributed by atoms with Crippen LogP contribution in [0.2, 0.25) is 0 Å². The Labute approximate surface area is 184 Å². The van der Waals surface area contributed by atoms with Crippen molar-refractivity contribution >= 4 is 11.6 Å². The summed E-state index contributed by atoms with van der Waals surface area (Å²) in [6.45, 7) is 9.02. The van der Waals surface area contributed by atoms with Crippen molar-refractivity contribution in [2.45, 2.75) is 52.6 Å². The lowest BCUT2D eigenvalue weighted by molar-refractivity contribution is 0.102. The number of amides is 1. The third-order valence-corrected chi connectivity index (χ3v) is 6.05. The number of nitrogens with zero attached hydrogens (tertiary/aromatic N) is 5. The Balaban J connectivity index is 1.53. The molecule has 164 valence electrons. The highest BCUT2D eigenvalue weighted by molar-refractivity contribution is 6.04. The summed E-state index contributed by atoms with van der Waals surface area (Å²) in [6, 6.07) is 10.1. The quantitative estimate of drug-likeness (QED) is 0.597. The monoisotopic (exact) mass is 420 g/mol. The lowest BCUT2D eigenvalue weighted by Gasteiger charge is -2.17. The second-order valence-electron chi connectivity index (χ2n) is 8.03. The number of rotatable bonds is 8. The standard InChI is InChI=1S/C24H32N6O/c1-3-28(4-2)15-16-29-18-20(17-25-29)26-24(31)22-21-13-9-6-10-14-30(21)23(27-22)19-11-7-5-8-12-19/h5,7-8,11-12,17-18H,3-4,6,9-10,13-16H2,1-2H3,(H,26,31). The molecule has 0 saturated carbocycles. The zero-order valence-corrected chi connectivity index (χ0v) is 18.5. The first-order valence-electron chi connectivity index (χ1n) is 11.4. The van der Waals surface area contributed by atoms with Gasteiger partial charge in [0.2, 0.25) is 0 Å². The molecule has 1 aromatic carbocycles. The maximum atomic E-state index is 13.2. The first-order chi connectivity index (χ1) is 15.2. The van der Waals surface area contributed by atoms with Gasteiger partial charge in [0.1, 0.15) is 11.5 Å². The molecule has 1 aliphatic heterocycles. The summed E-state index contributed by atoms with van der Waals surface area (Å²) in [5.41, 5.74) is 3.34. The van der Waals surface area contributed by atoms with Crippen LogP contribution in [-0.2, 0) is 19.5 Å². The van der Waals surface area contributed by atoms with Gasteiger partial charge in [-0.15, -0.1) is 0 Å². The highest BCUT2D eigenvalue weighted by atomic mass is 16.1. The molecule has 3 aromatic rings. The van der Waals surface area contributed by atoms with Crippen LogP contribution in [0, 0.1) is 0 Å². The number of nitrogens with one attached hydrogen (secondary N) is 1. The Hall–Kier alpha value is -2.93. The minimum absolute atomic E-state index is 0.156. The Morgan fingerprint density at radius 2 is 1.94 bits per heavy atom. The Morgan fingerprint density at radius 1 is 1.13 bits per heavy atom. The number of aromatic nitrogens is 4. The van der Waals surface area contributed by atoms with E-state index in [1.54, 1.807) is 6.20 Å². The molecule has 4 rings (SSSR count). The molecule has 1 aliphatic rings. The number of hydrogen-bond acceptors (Lipinski definition) is 4. The maximum absolute atomic E-state index is 13.2. The summed E-state index contributed by atoms with van der Waals surface area (Å²) in [7, 11) is 0. The molecule has 7 nitrogen and oxygen atoms in total. The molecule has 1 amide bonds. The van der Waals surface area contributed by atoms with Gasteiger partial charge in [0.15, 0.2) is 0 Å². The molecule has 31 heavy (non-hydrogen) atoms. The number of likely N-dealkylation sites (N-methyl/N-ethyl adjacent to an activating group) is 1. The molecule has 0 aliphatic carbocycles. The molecule has 7 heteroatoms. The fraction of sp³-hybridized carbons (Fsp3) is 0.458. The van der Waals surface area contributed by atoms with Crippen molar-refractivity contribution in [1.82, 2.24) is 24.2 Å². The van der Waals surface area contributed by atoms with E-state index in [0.717, 1.165) is 69.1 Å². The minimum atomic E-state index is -0.156. The van der Waals surface area contributed by atoms with Crippen LogP contribution in [0.3, 0.4) is 0 Å². The Bertz CT molecular complexity index is 1000. The largest absolute Gasteiger partial charge is 0.327 e. The number of hydrogen-bond donors (Lipinski definition) is 1. The maximum Gasteiger partial charge on any atom is 0.276 e. The number of benzene rings is 1. The van der Waals surface area contributed by atoms with Gasteiger partial charge >= 0.3 is 0 Å². The van der Waals surface area contributed by atoms with Crippen molar-refractivity contribution in [1.29, 1.82) is 0 Å². The Kier molecular flexibility index (Phi) is 6.82. The summed E-state index contributed by atoms with van der Waals surface area (Å²) in [5.74, 6) is 0.730. The first kappa shape index (κ1) is 21.3. The summed E-state index contributed by atoms with van der Waals surface area (Å²) >= 11 is 0. The van der Waals surface area contributed by atoms with Gasteiger partial charge < -0.3 is 14.8 Å². The van der Waals surface area contributed by atoms with Crippen molar-refractivity contribution in [3.63, 3.8) is 0 Å². The number of carbonyl (C=O) groups is 1. The number of fused-ring (bicyclic) bond motifs is 1. The van der Waals surface area contributed by atoms with Crippen LogP contribution >= 0.6 is 0 Å². The van der Waals surface area contributed by atoms with E-state index in [9.17, 15) is 4.79 Å². The smallest absolute Gasteiger partial charge is 0.276 e. The van der Waals surface area contributed by atoms with E-state index in [2.05, 4.69) is 45.9 Å². The number of imidazole rings is 1. The molecule has 0 spiro atoms. The molecule has 1 N–H and O–H groups in total. The third-order valence-electron chi connectivity index (χ3n) is 6.05. The molecule has 0 bridgehead atoms. The molecule has 0 fully saturated rings. The van der Waals surface area contributed by atoms with E-state index < -0.39 is 0 Å². The van der Waals surface area contributed by atoms with Gasteiger partial charge in [0.25, 0.3) is 5.91 Å². The predicted octanol–water partition coefficient (Wildman–Crippen LogP) is 4.07. The lowest BCUT2D eigenvalue weighted by atomic mass is 10.1. The van der Waals surface area contributed by atoms with Gasteiger partial charge in [-0.05, 0) is 32.4 Å². The molecule has 0 saturated heterocycles. The van der Waals surface area contributed by atoms with Crippen molar-refractivity contribution in [2.75, 3.05) is 25.0 Å². The van der Waals surface area contributed by atoms with Gasteiger partial charge in [-0.1, -0.05) is 50.6 Å². The summed E-state index contributed by atoms with van der Waals surface area (Å²) in [4.78, 5) is 20.3. The van der Waals surface area contributed by atoms with Gasteiger partial charge in [-0.3, -0.25) is 9.48 Å². The van der Waals surface area contributed by atoms with Crippen LogP contribution in [0.25, 0.3) is 11.4 Å². The van der Waals surface area contributed by atoms with E-state index in [0.29, 0.717) is 11.4 Å². The fourth-order valence-electron chi connectivity index (χ4n) is 4.23. The summed E-state index contributed by atoms with van der Waals surface area (Å²) < 4.78 is 4.13. The SMILES string of the molecule is CCN(CC)CCn1cc(NC(=O)c2nc(-c3ccccc3)n3c2CCCCC3)cn1. The summed E-state index contributed by atoms with van der Waals surface area (Å²) in [6.07, 6.45) is 7.87. The van der Waals surface area contributed by atoms with Gasteiger partial charge in [0, 0.05) is 24.8 Å². The fourth-order valence-corrected chi connectivity index (χ4v) is 4.23. The number of carbonyl (C=O) groups excluding carboxylic acids is 1. The lowest BCUT2D eigenvalue weighted by Crippen LogP contribution is -2.27. The van der Waals surface area contributed by atoms with Gasteiger partial charge in [0.05, 0.1) is 24.1 Å². The van der Waals surface area contributed by atoms with E-state index in [1.807, 2.05) is 29.1 Å². The van der Waals surface area contributed by atoms with Crippen molar-refractivity contribution in [2.24, 2.45) is 0 Å². The first-order valence-corrected chi connectivity index (χ1v) is 11.4. The Morgan fingerprint density at radius 3 is 2.71 bits per heavy atom. The molecule has 0 unspecified atom stereocenters. The van der Waals surface area contributed by atoms with Gasteiger partial charge in [-0.2, -0.15) is 5.10 Å². The van der Waals surface area contributed by atoms with E-state index in [1.165, 1.54) is 6.42 Å². The highest BCUT2D eigenvalue weighted by Gasteiger charge is 2.24. The minimum Gasteiger partial charge on any atom is -0.327 e. The zero-order chi connectivity index (χ0) is 21.6. The zero-order valence-electron chi connectivity index (χ0n) is 18.5.